The molecule has 0 fully saturated rings. The second-order valence-electron chi connectivity index (χ2n) is 5.11. The number of ether oxygens (including phenoxy) is 1. The first-order valence-electron chi connectivity index (χ1n) is 7.59. The minimum atomic E-state index is -0.814. The van der Waals surface area contributed by atoms with Crippen LogP contribution in [0.25, 0.3) is 11.0 Å². The van der Waals surface area contributed by atoms with E-state index >= 15 is 0 Å². The second-order valence-corrected chi connectivity index (χ2v) is 5.11. The summed E-state index contributed by atoms with van der Waals surface area (Å²) in [5.74, 6) is -0.786. The molecule has 8 heteroatoms. The molecular formula is C16H19N2O6-. The molecule has 0 aliphatic carbocycles. The van der Waals surface area contributed by atoms with E-state index in [-0.39, 0.29) is 28.7 Å². The Morgan fingerprint density at radius 3 is 2.62 bits per heavy atom. The van der Waals surface area contributed by atoms with Gasteiger partial charge in [-0.15, -0.1) is 0 Å². The van der Waals surface area contributed by atoms with E-state index in [1.165, 1.54) is 24.3 Å². The Labute approximate surface area is 138 Å². The molecule has 1 aromatic heterocycles. The average molecular weight is 335 g/mol. The van der Waals surface area contributed by atoms with Gasteiger partial charge in [0.1, 0.15) is 17.8 Å². The van der Waals surface area contributed by atoms with Crippen molar-refractivity contribution in [1.82, 2.24) is 4.90 Å². The molecule has 1 aromatic carbocycles. The van der Waals surface area contributed by atoms with Crippen LogP contribution in [0.3, 0.4) is 0 Å². The molecule has 0 unspecified atom stereocenters. The van der Waals surface area contributed by atoms with Gasteiger partial charge in [-0.2, -0.15) is 0 Å². The lowest BCUT2D eigenvalue weighted by Gasteiger charge is -2.21. The number of anilines is 1. The molecule has 1 N–H and O–H groups in total. The van der Waals surface area contributed by atoms with Gasteiger partial charge in [0.2, 0.25) is 0 Å². The number of hydrogen-bond donors (Lipinski definition) is 1. The highest BCUT2D eigenvalue weighted by Crippen LogP contribution is 2.21. The van der Waals surface area contributed by atoms with E-state index in [4.69, 9.17) is 14.4 Å². The van der Waals surface area contributed by atoms with Gasteiger partial charge in [0.05, 0.1) is 5.69 Å². The maximum Gasteiger partial charge on any atom is 0.351 e. The minimum absolute atomic E-state index is 0.0443. The summed E-state index contributed by atoms with van der Waals surface area (Å²) in [4.78, 5) is 26.0. The monoisotopic (exact) mass is 335 g/mol. The highest BCUT2D eigenvalue weighted by Gasteiger charge is 2.16. The fourth-order valence-corrected chi connectivity index (χ4v) is 2.26. The van der Waals surface area contributed by atoms with E-state index in [2.05, 4.69) is 4.90 Å². The predicted molar refractivity (Wildman–Crippen MR) is 88.2 cm³/mol. The predicted octanol–water partition coefficient (Wildman–Crippen LogP) is 1.98. The van der Waals surface area contributed by atoms with Crippen molar-refractivity contribution in [2.45, 2.75) is 13.8 Å². The Morgan fingerprint density at radius 2 is 2.00 bits per heavy atom. The lowest BCUT2D eigenvalue weighted by atomic mass is 10.1. The van der Waals surface area contributed by atoms with Crippen molar-refractivity contribution < 1.29 is 19.2 Å². The summed E-state index contributed by atoms with van der Waals surface area (Å²) in [6.07, 6.45) is 0. The van der Waals surface area contributed by atoms with Gasteiger partial charge in [0.25, 0.3) is 0 Å². The smallest absolute Gasteiger partial charge is 0.351 e. The molecule has 1 heterocycles. The summed E-state index contributed by atoms with van der Waals surface area (Å²) in [6, 6.07) is 5.24. The average Bonchev–Trinajstić information content (AvgIpc) is 2.57. The Balaban J connectivity index is 2.19. The zero-order valence-corrected chi connectivity index (χ0v) is 13.5. The molecule has 0 aliphatic rings. The van der Waals surface area contributed by atoms with Gasteiger partial charge in [0, 0.05) is 11.9 Å². The van der Waals surface area contributed by atoms with Crippen molar-refractivity contribution in [3.05, 3.63) is 45.5 Å². The zero-order valence-electron chi connectivity index (χ0n) is 13.5. The van der Waals surface area contributed by atoms with Crippen molar-refractivity contribution >= 4 is 22.6 Å². The Kier molecular flexibility index (Phi) is 5.91. The molecule has 0 amide bonds. The Hall–Kier alpha value is -2.42. The lowest BCUT2D eigenvalue weighted by Crippen LogP contribution is -2.28. The van der Waals surface area contributed by atoms with Crippen molar-refractivity contribution in [3.63, 3.8) is 0 Å². The third-order valence-corrected chi connectivity index (χ3v) is 3.69. The minimum Gasteiger partial charge on any atom is -0.733 e. The molecule has 24 heavy (non-hydrogen) atoms. The molecule has 130 valence electrons. The summed E-state index contributed by atoms with van der Waals surface area (Å²) in [7, 11) is 0. The number of fused-ring (bicyclic) bond motifs is 1. The first-order chi connectivity index (χ1) is 11.5. The van der Waals surface area contributed by atoms with Gasteiger partial charge in [-0.05, 0) is 37.4 Å². The third kappa shape index (κ3) is 4.10. The van der Waals surface area contributed by atoms with Gasteiger partial charge in [-0.3, -0.25) is 5.21 Å². The number of carbonyl (C=O) groups is 1. The molecule has 0 bridgehead atoms. The molecule has 0 radical (unpaired) electrons. The number of likely N-dealkylation sites (N-methyl/N-ethyl adjacent to an activating group) is 1. The van der Waals surface area contributed by atoms with Crippen LogP contribution in [0.2, 0.25) is 0 Å². The first kappa shape index (κ1) is 17.9. The van der Waals surface area contributed by atoms with Gasteiger partial charge < -0.3 is 24.5 Å². The summed E-state index contributed by atoms with van der Waals surface area (Å²) >= 11 is 0. The second kappa shape index (κ2) is 7.91. The summed E-state index contributed by atoms with van der Waals surface area (Å²) in [5, 5.41) is 19.9. The molecule has 0 saturated heterocycles. The molecule has 0 atom stereocenters. The molecule has 8 nitrogen and oxygen atoms in total. The van der Waals surface area contributed by atoms with Crippen LogP contribution >= 0.6 is 0 Å². The Morgan fingerprint density at radius 1 is 1.29 bits per heavy atom. The number of esters is 1. The van der Waals surface area contributed by atoms with Gasteiger partial charge >= 0.3 is 11.6 Å². The van der Waals surface area contributed by atoms with Crippen molar-refractivity contribution in [2.75, 3.05) is 31.5 Å². The van der Waals surface area contributed by atoms with E-state index in [0.717, 1.165) is 13.1 Å². The molecule has 2 aromatic rings. The SMILES string of the molecule is CCN(CC)CCOC(=O)c1cc2cc(N([O-])O)ccc2oc1=O. The van der Waals surface area contributed by atoms with Crippen LogP contribution in [0.1, 0.15) is 24.2 Å². The summed E-state index contributed by atoms with van der Waals surface area (Å²) in [5.41, 5.74) is -0.914. The number of nitrogens with zero attached hydrogens (tertiary/aromatic N) is 2. The number of rotatable bonds is 7. The number of hydrogen-bond acceptors (Lipinski definition) is 8. The van der Waals surface area contributed by atoms with E-state index in [9.17, 15) is 14.8 Å². The van der Waals surface area contributed by atoms with E-state index < -0.39 is 11.6 Å². The number of carbonyl (C=O) groups excluding carboxylic acids is 1. The first-order valence-corrected chi connectivity index (χ1v) is 7.59. The summed E-state index contributed by atoms with van der Waals surface area (Å²) in [6.45, 7) is 6.40. The van der Waals surface area contributed by atoms with Crippen LogP contribution in [0.5, 0.6) is 0 Å². The number of benzene rings is 1. The molecule has 0 spiro atoms. The maximum atomic E-state index is 12.1. The molecular weight excluding hydrogens is 316 g/mol. The van der Waals surface area contributed by atoms with Crippen LogP contribution in [0.4, 0.5) is 5.69 Å². The van der Waals surface area contributed by atoms with Gasteiger partial charge in [0.15, 0.2) is 0 Å². The van der Waals surface area contributed by atoms with E-state index in [1.807, 2.05) is 13.8 Å². The summed E-state index contributed by atoms with van der Waals surface area (Å²) < 4.78 is 10.2. The van der Waals surface area contributed by atoms with Crippen molar-refractivity contribution in [2.24, 2.45) is 0 Å². The molecule has 0 aliphatic heterocycles. The maximum absolute atomic E-state index is 12.1. The highest BCUT2D eigenvalue weighted by molar-refractivity contribution is 5.93. The van der Waals surface area contributed by atoms with Crippen LogP contribution in [0.15, 0.2) is 33.5 Å². The van der Waals surface area contributed by atoms with Crippen molar-refractivity contribution in [1.29, 1.82) is 0 Å². The quantitative estimate of drug-likeness (QED) is 0.465. The molecule has 2 rings (SSSR count). The van der Waals surface area contributed by atoms with Crippen LogP contribution in [-0.2, 0) is 4.74 Å². The fourth-order valence-electron chi connectivity index (χ4n) is 2.26. The van der Waals surface area contributed by atoms with Crippen LogP contribution in [-0.4, -0.2) is 42.3 Å². The largest absolute Gasteiger partial charge is 0.733 e. The van der Waals surface area contributed by atoms with Crippen LogP contribution in [0, 0.1) is 5.21 Å². The zero-order chi connectivity index (χ0) is 17.7. The highest BCUT2D eigenvalue weighted by atomic mass is 16.8. The van der Waals surface area contributed by atoms with Crippen LogP contribution < -0.4 is 10.9 Å². The standard InChI is InChI=1S/C16H19N2O6/c1-3-17(4-2)7-8-23-15(19)13-10-11-9-12(18(21)22)5-6-14(11)24-16(13)20/h5-6,9-10,21H,3-4,7-8H2,1-2H3/q-1. The van der Waals surface area contributed by atoms with Crippen molar-refractivity contribution in [3.8, 4) is 0 Å². The van der Waals surface area contributed by atoms with Gasteiger partial charge in [-0.1, -0.05) is 13.8 Å². The van der Waals surface area contributed by atoms with E-state index in [0.29, 0.717) is 11.9 Å². The van der Waals surface area contributed by atoms with Gasteiger partial charge in [-0.25, -0.2) is 9.59 Å². The fraction of sp³-hybridized carbons (Fsp3) is 0.375. The Bertz CT molecular complexity index is 767. The normalized spacial score (nSPS) is 11.0. The third-order valence-electron chi connectivity index (χ3n) is 3.69. The molecule has 0 saturated carbocycles. The lowest BCUT2D eigenvalue weighted by molar-refractivity contribution is 0.0462. The van der Waals surface area contributed by atoms with E-state index in [1.54, 1.807) is 0 Å². The topological polar surface area (TPSA) is 106 Å².